The molecule has 0 aliphatic carbocycles. The summed E-state index contributed by atoms with van der Waals surface area (Å²) in [4.78, 5) is 9.29. The molecule has 0 bridgehead atoms. The summed E-state index contributed by atoms with van der Waals surface area (Å²) >= 11 is 0. The van der Waals surface area contributed by atoms with Crippen LogP contribution in [0.3, 0.4) is 0 Å². The summed E-state index contributed by atoms with van der Waals surface area (Å²) in [5.74, 6) is 0.492. The molecule has 0 aliphatic heterocycles. The number of rotatable bonds is 6. The summed E-state index contributed by atoms with van der Waals surface area (Å²) in [6.07, 6.45) is 1.61. The number of hydrogen-bond donors (Lipinski definition) is 2. The first kappa shape index (κ1) is 22.3. The number of sulfone groups is 1. The average molecular weight is 463 g/mol. The molecule has 0 amide bonds. The maximum atomic E-state index is 12.4. The fourth-order valence-corrected chi connectivity index (χ4v) is 4.17. The minimum Gasteiger partial charge on any atom is -0.415 e. The molecule has 0 atom stereocenters. The first-order chi connectivity index (χ1) is 15.7. The van der Waals surface area contributed by atoms with E-state index in [-0.39, 0.29) is 16.6 Å². The molecule has 10 heteroatoms. The van der Waals surface area contributed by atoms with Gasteiger partial charge in [0.2, 0.25) is 5.89 Å². The summed E-state index contributed by atoms with van der Waals surface area (Å²) in [6, 6.07) is 13.4. The van der Waals surface area contributed by atoms with Crippen LogP contribution in [0.1, 0.15) is 25.1 Å². The van der Waals surface area contributed by atoms with Gasteiger partial charge < -0.3 is 10.2 Å². The molecule has 3 N–H and O–H groups in total. The highest BCUT2D eigenvalue weighted by Crippen LogP contribution is 2.27. The molecule has 0 unspecified atom stereocenters. The number of nitrogens with two attached hydrogens (primary N) is 1. The van der Waals surface area contributed by atoms with Crippen LogP contribution in [0, 0.1) is 12.3 Å². The lowest BCUT2D eigenvalue weighted by molar-refractivity contribution is 0.581. The summed E-state index contributed by atoms with van der Waals surface area (Å²) in [6.45, 7) is 5.09. The number of nitrogens with zero attached hydrogens (tertiary/aromatic N) is 4. The fourth-order valence-electron chi connectivity index (χ4n) is 3.11. The van der Waals surface area contributed by atoms with Gasteiger partial charge in [-0.25, -0.2) is 13.4 Å². The third-order valence-electron chi connectivity index (χ3n) is 5.13. The van der Waals surface area contributed by atoms with E-state index in [1.54, 1.807) is 75.5 Å². The Bertz CT molecular complexity index is 1430. The molecule has 0 fully saturated rings. The van der Waals surface area contributed by atoms with E-state index >= 15 is 0 Å². The van der Waals surface area contributed by atoms with Crippen molar-refractivity contribution in [2.75, 3.05) is 0 Å². The molecule has 33 heavy (non-hydrogen) atoms. The predicted molar refractivity (Wildman–Crippen MR) is 124 cm³/mol. The molecule has 2 aromatic heterocycles. The molecule has 0 aliphatic rings. The molecule has 0 radical (unpaired) electrons. The highest BCUT2D eigenvalue weighted by molar-refractivity contribution is 7.92. The van der Waals surface area contributed by atoms with Crippen molar-refractivity contribution in [1.29, 1.82) is 5.41 Å². The monoisotopic (exact) mass is 462 g/mol. The largest absolute Gasteiger partial charge is 0.415 e. The predicted octanol–water partition coefficient (Wildman–Crippen LogP) is 3.64. The van der Waals surface area contributed by atoms with Crippen molar-refractivity contribution in [3.05, 3.63) is 66.0 Å². The molecule has 4 aromatic rings. The third-order valence-corrected chi connectivity index (χ3v) is 7.30. The summed E-state index contributed by atoms with van der Waals surface area (Å²) in [5.41, 5.74) is 9.08. The fraction of sp³-hybridized carbons (Fsp3) is 0.174. The highest BCUT2D eigenvalue weighted by atomic mass is 32.2. The number of benzene rings is 2. The molecule has 2 aromatic carbocycles. The van der Waals surface area contributed by atoms with Gasteiger partial charge in [-0.05, 0) is 45.0 Å². The van der Waals surface area contributed by atoms with Crippen LogP contribution >= 0.6 is 0 Å². The molecule has 9 nitrogen and oxygen atoms in total. The maximum Gasteiger partial charge on any atom is 0.268 e. The Kier molecular flexibility index (Phi) is 5.77. The van der Waals surface area contributed by atoms with Crippen LogP contribution < -0.4 is 5.73 Å². The highest BCUT2D eigenvalue weighted by Gasteiger charge is 2.20. The van der Waals surface area contributed by atoms with Gasteiger partial charge in [-0.15, -0.1) is 10.2 Å². The number of nitrogen functional groups attached to an aromatic ring is 1. The van der Waals surface area contributed by atoms with Crippen LogP contribution in [0.2, 0.25) is 0 Å². The van der Waals surface area contributed by atoms with E-state index in [9.17, 15) is 8.42 Å². The second-order valence-corrected chi connectivity index (χ2v) is 10.2. The van der Waals surface area contributed by atoms with E-state index in [1.165, 1.54) is 0 Å². The van der Waals surface area contributed by atoms with Crippen molar-refractivity contribution in [2.24, 2.45) is 5.73 Å². The van der Waals surface area contributed by atoms with Crippen LogP contribution in [0.5, 0.6) is 0 Å². The van der Waals surface area contributed by atoms with Gasteiger partial charge in [0.05, 0.1) is 27.7 Å². The lowest BCUT2D eigenvalue weighted by Crippen LogP contribution is -2.13. The van der Waals surface area contributed by atoms with Gasteiger partial charge in [0.1, 0.15) is 11.5 Å². The van der Waals surface area contributed by atoms with Crippen LogP contribution in [0.25, 0.3) is 34.3 Å². The minimum absolute atomic E-state index is 0.0229. The summed E-state index contributed by atoms with van der Waals surface area (Å²) in [7, 11) is -3.35. The smallest absolute Gasteiger partial charge is 0.268 e. The Balaban J connectivity index is 1.65. The Labute approximate surface area is 191 Å². The lowest BCUT2D eigenvalue weighted by Gasteiger charge is -2.09. The van der Waals surface area contributed by atoms with Gasteiger partial charge in [0.15, 0.2) is 9.84 Å². The number of aryl methyl sites for hydroxylation is 1. The van der Waals surface area contributed by atoms with Crippen LogP contribution in [-0.2, 0) is 9.84 Å². The zero-order valence-corrected chi connectivity index (χ0v) is 19.1. The van der Waals surface area contributed by atoms with Crippen LogP contribution in [-0.4, -0.2) is 39.7 Å². The molecule has 168 valence electrons. The van der Waals surface area contributed by atoms with E-state index in [2.05, 4.69) is 20.2 Å². The quantitative estimate of drug-likeness (QED) is 0.326. The Morgan fingerprint density at radius 1 is 0.970 bits per heavy atom. The maximum absolute atomic E-state index is 12.4. The average Bonchev–Trinajstić information content (AvgIpc) is 3.29. The molecular weight excluding hydrogens is 440 g/mol. The third kappa shape index (κ3) is 4.37. The normalized spacial score (nSPS) is 11.6. The second-order valence-electron chi connectivity index (χ2n) is 7.71. The Hall–Kier alpha value is -3.92. The van der Waals surface area contributed by atoms with E-state index < -0.39 is 15.1 Å². The first-order valence-corrected chi connectivity index (χ1v) is 11.7. The van der Waals surface area contributed by atoms with E-state index in [1.807, 2.05) is 0 Å². The van der Waals surface area contributed by atoms with E-state index in [0.29, 0.717) is 39.7 Å². The van der Waals surface area contributed by atoms with Crippen LogP contribution in [0.15, 0.2) is 64.0 Å². The van der Waals surface area contributed by atoms with Gasteiger partial charge in [-0.1, -0.05) is 24.3 Å². The molecule has 0 spiro atoms. The van der Waals surface area contributed by atoms with Crippen molar-refractivity contribution in [3.8, 4) is 34.3 Å². The summed E-state index contributed by atoms with van der Waals surface area (Å²) < 4.78 is 30.6. The van der Waals surface area contributed by atoms with Crippen molar-refractivity contribution in [3.63, 3.8) is 0 Å². The lowest BCUT2D eigenvalue weighted by atomic mass is 10.1. The molecule has 4 rings (SSSR count). The molecule has 0 saturated carbocycles. The Morgan fingerprint density at radius 3 is 2.18 bits per heavy atom. The zero-order valence-electron chi connectivity index (χ0n) is 18.3. The van der Waals surface area contributed by atoms with E-state index in [0.717, 1.165) is 0 Å². The number of nitrogens with one attached hydrogen (secondary N) is 1. The van der Waals surface area contributed by atoms with Crippen molar-refractivity contribution >= 4 is 15.7 Å². The van der Waals surface area contributed by atoms with Gasteiger partial charge in [0.25, 0.3) is 5.89 Å². The molecular formula is C23H22N6O3S. The standard InChI is InChI=1S/C23H22N6O3S/c1-13(2)33(30,31)18-10-8-15(9-11-18)19-12-26-14(3)20(27-19)23-29-28-22(32-23)17-6-4-16(5-7-17)21(24)25/h4-13H,1-3H3,(H3,24,25). The van der Waals surface area contributed by atoms with Crippen molar-refractivity contribution in [1.82, 2.24) is 20.2 Å². The molecule has 2 heterocycles. The Morgan fingerprint density at radius 2 is 1.58 bits per heavy atom. The number of hydrogen-bond acceptors (Lipinski definition) is 8. The van der Waals surface area contributed by atoms with Gasteiger partial charge in [-0.3, -0.25) is 10.4 Å². The number of aromatic nitrogens is 4. The minimum atomic E-state index is -3.35. The van der Waals surface area contributed by atoms with Crippen molar-refractivity contribution < 1.29 is 12.8 Å². The van der Waals surface area contributed by atoms with Gasteiger partial charge in [0, 0.05) is 16.7 Å². The van der Waals surface area contributed by atoms with Crippen LogP contribution in [0.4, 0.5) is 0 Å². The zero-order chi connectivity index (χ0) is 23.8. The van der Waals surface area contributed by atoms with E-state index in [4.69, 9.17) is 15.6 Å². The van der Waals surface area contributed by atoms with Crippen molar-refractivity contribution in [2.45, 2.75) is 30.9 Å². The van der Waals surface area contributed by atoms with Gasteiger partial charge in [-0.2, -0.15) is 0 Å². The first-order valence-electron chi connectivity index (χ1n) is 10.1. The SMILES string of the molecule is Cc1ncc(-c2ccc(S(=O)(=O)C(C)C)cc2)nc1-c1nnc(-c2ccc(C(=N)N)cc2)o1. The summed E-state index contributed by atoms with van der Waals surface area (Å²) in [5, 5.41) is 15.2. The second kappa shape index (κ2) is 8.55. The topological polar surface area (TPSA) is 149 Å². The molecule has 0 saturated heterocycles. The number of amidine groups is 1. The van der Waals surface area contributed by atoms with Gasteiger partial charge >= 0.3 is 0 Å².